The van der Waals surface area contributed by atoms with Crippen LogP contribution in [0.3, 0.4) is 0 Å². The number of hydrogen-bond acceptors (Lipinski definition) is 5. The van der Waals surface area contributed by atoms with Gasteiger partial charge in [0, 0.05) is 44.5 Å². The third-order valence-electron chi connectivity index (χ3n) is 4.92. The molecule has 1 atom stereocenters. The highest BCUT2D eigenvalue weighted by Gasteiger charge is 2.29. The first-order chi connectivity index (χ1) is 13.2. The van der Waals surface area contributed by atoms with Crippen LogP contribution in [0, 0.1) is 0 Å². The van der Waals surface area contributed by atoms with Crippen LogP contribution in [0.4, 0.5) is 10.6 Å². The van der Waals surface area contributed by atoms with Crippen molar-refractivity contribution in [2.45, 2.75) is 38.6 Å². The number of ether oxygens (including phenoxy) is 1. The van der Waals surface area contributed by atoms with Crippen LogP contribution in [-0.4, -0.2) is 65.6 Å². The van der Waals surface area contributed by atoms with E-state index in [0.717, 1.165) is 50.3 Å². The zero-order valence-corrected chi connectivity index (χ0v) is 15.9. The predicted molar refractivity (Wildman–Crippen MR) is 104 cm³/mol. The summed E-state index contributed by atoms with van der Waals surface area (Å²) in [6, 6.07) is 4.18. The van der Waals surface area contributed by atoms with Crippen LogP contribution in [0.1, 0.15) is 38.2 Å². The summed E-state index contributed by atoms with van der Waals surface area (Å²) in [7, 11) is 0. The van der Waals surface area contributed by atoms with E-state index in [9.17, 15) is 9.59 Å². The number of hydrogen-bond donors (Lipinski definition) is 1. The smallest absolute Gasteiger partial charge is 0.330 e. The van der Waals surface area contributed by atoms with Crippen LogP contribution >= 0.6 is 0 Å². The third-order valence-corrected chi connectivity index (χ3v) is 4.92. The van der Waals surface area contributed by atoms with Crippen LogP contribution < -0.4 is 5.32 Å². The summed E-state index contributed by atoms with van der Waals surface area (Å²) in [6.07, 6.45) is 9.17. The number of likely N-dealkylation sites (tertiary alicyclic amines) is 2. The van der Waals surface area contributed by atoms with Crippen LogP contribution in [0.15, 0.2) is 24.4 Å². The second kappa shape index (κ2) is 9.39. The number of esters is 1. The standard InChI is InChI=1S/C20H28N4O3/c1-2-27-19(25)9-7-16-6-8-18(21-14-16)22-17-10-13-24(15-17)20(26)23-11-4-3-5-12-23/h6-9,14,17H,2-5,10-13,15H2,1H3,(H,21,22)/t17-/m1/s1. The van der Waals surface area contributed by atoms with Crippen molar-refractivity contribution in [3.8, 4) is 0 Å². The Morgan fingerprint density at radius 3 is 2.74 bits per heavy atom. The van der Waals surface area contributed by atoms with E-state index in [4.69, 9.17) is 4.74 Å². The fraction of sp³-hybridized carbons (Fsp3) is 0.550. The van der Waals surface area contributed by atoms with Crippen LogP contribution in [0.5, 0.6) is 0 Å². The summed E-state index contributed by atoms with van der Waals surface area (Å²) in [4.78, 5) is 32.2. The van der Waals surface area contributed by atoms with E-state index in [-0.39, 0.29) is 18.0 Å². The van der Waals surface area contributed by atoms with Gasteiger partial charge in [-0.25, -0.2) is 14.6 Å². The molecular weight excluding hydrogens is 344 g/mol. The molecule has 1 N–H and O–H groups in total. The molecule has 0 spiro atoms. The minimum Gasteiger partial charge on any atom is -0.463 e. The second-order valence-corrected chi connectivity index (χ2v) is 6.97. The van der Waals surface area contributed by atoms with Crippen LogP contribution in [0.25, 0.3) is 6.08 Å². The monoisotopic (exact) mass is 372 g/mol. The van der Waals surface area contributed by atoms with Crippen molar-refractivity contribution < 1.29 is 14.3 Å². The molecule has 2 aliphatic heterocycles. The van der Waals surface area contributed by atoms with E-state index < -0.39 is 0 Å². The number of anilines is 1. The average Bonchev–Trinajstić information content (AvgIpc) is 3.16. The Bertz CT molecular complexity index is 668. The molecule has 2 aliphatic rings. The topological polar surface area (TPSA) is 74.8 Å². The van der Waals surface area contributed by atoms with Gasteiger partial charge >= 0.3 is 12.0 Å². The molecule has 0 radical (unpaired) electrons. The number of urea groups is 1. The zero-order valence-electron chi connectivity index (χ0n) is 15.9. The molecule has 2 fully saturated rings. The highest BCUT2D eigenvalue weighted by Crippen LogP contribution is 2.18. The molecule has 0 saturated carbocycles. The van der Waals surface area contributed by atoms with E-state index in [1.54, 1.807) is 19.2 Å². The van der Waals surface area contributed by atoms with Gasteiger partial charge in [-0.05, 0) is 56.4 Å². The maximum Gasteiger partial charge on any atom is 0.330 e. The Morgan fingerprint density at radius 1 is 1.22 bits per heavy atom. The Labute approximate surface area is 160 Å². The van der Waals surface area contributed by atoms with E-state index in [1.807, 2.05) is 21.9 Å². The first kappa shape index (κ1) is 19.2. The SMILES string of the molecule is CCOC(=O)C=Cc1ccc(N[C@@H]2CCN(C(=O)N3CCCCC3)C2)nc1. The fourth-order valence-corrected chi connectivity index (χ4v) is 3.49. The number of nitrogens with zero attached hydrogens (tertiary/aromatic N) is 3. The van der Waals surface area contributed by atoms with Gasteiger partial charge in [-0.2, -0.15) is 0 Å². The van der Waals surface area contributed by atoms with Crippen LogP contribution in [-0.2, 0) is 9.53 Å². The van der Waals surface area contributed by atoms with Crippen LogP contribution in [0.2, 0.25) is 0 Å². The van der Waals surface area contributed by atoms with E-state index >= 15 is 0 Å². The summed E-state index contributed by atoms with van der Waals surface area (Å²) in [5.74, 6) is 0.421. The largest absolute Gasteiger partial charge is 0.463 e. The van der Waals surface area contributed by atoms with Crippen molar-refractivity contribution in [3.05, 3.63) is 30.0 Å². The molecule has 1 aromatic rings. The normalized spacial score (nSPS) is 20.1. The molecule has 2 amide bonds. The summed E-state index contributed by atoms with van der Waals surface area (Å²) in [6.45, 7) is 5.40. The predicted octanol–water partition coefficient (Wildman–Crippen LogP) is 2.75. The number of carbonyl (C=O) groups is 2. The molecule has 2 saturated heterocycles. The lowest BCUT2D eigenvalue weighted by Gasteiger charge is -2.31. The maximum atomic E-state index is 12.6. The molecule has 27 heavy (non-hydrogen) atoms. The molecule has 1 aromatic heterocycles. The average molecular weight is 372 g/mol. The van der Waals surface area contributed by atoms with Gasteiger partial charge in [0.2, 0.25) is 0 Å². The number of aromatic nitrogens is 1. The number of nitrogens with one attached hydrogen (secondary N) is 1. The van der Waals surface area contributed by atoms with Crippen molar-refractivity contribution in [3.63, 3.8) is 0 Å². The molecule has 0 aromatic carbocycles. The lowest BCUT2D eigenvalue weighted by Crippen LogP contribution is -2.45. The quantitative estimate of drug-likeness (QED) is 0.635. The fourth-order valence-electron chi connectivity index (χ4n) is 3.49. The summed E-state index contributed by atoms with van der Waals surface area (Å²) < 4.78 is 4.85. The number of amides is 2. The molecule has 3 rings (SSSR count). The minimum absolute atomic E-state index is 0.173. The van der Waals surface area contributed by atoms with Gasteiger partial charge in [-0.15, -0.1) is 0 Å². The maximum absolute atomic E-state index is 12.6. The Balaban J connectivity index is 1.48. The molecular formula is C20H28N4O3. The Kier molecular flexibility index (Phi) is 6.68. The summed E-state index contributed by atoms with van der Waals surface area (Å²) in [5, 5.41) is 3.40. The van der Waals surface area contributed by atoms with Crippen molar-refractivity contribution in [1.29, 1.82) is 0 Å². The van der Waals surface area contributed by atoms with Crippen molar-refractivity contribution in [2.24, 2.45) is 0 Å². The number of carbonyl (C=O) groups excluding carboxylic acids is 2. The molecule has 0 aliphatic carbocycles. The van der Waals surface area contributed by atoms with E-state index in [2.05, 4.69) is 10.3 Å². The number of piperidine rings is 1. The van der Waals surface area contributed by atoms with Gasteiger partial charge in [0.05, 0.1) is 6.61 Å². The van der Waals surface area contributed by atoms with E-state index in [0.29, 0.717) is 13.2 Å². The molecule has 146 valence electrons. The Morgan fingerprint density at radius 2 is 2.04 bits per heavy atom. The summed E-state index contributed by atoms with van der Waals surface area (Å²) in [5.41, 5.74) is 0.835. The lowest BCUT2D eigenvalue weighted by molar-refractivity contribution is -0.137. The molecule has 7 heteroatoms. The van der Waals surface area contributed by atoms with Crippen molar-refractivity contribution >= 4 is 23.9 Å². The highest BCUT2D eigenvalue weighted by molar-refractivity contribution is 5.87. The van der Waals surface area contributed by atoms with E-state index in [1.165, 1.54) is 12.5 Å². The highest BCUT2D eigenvalue weighted by atomic mass is 16.5. The first-order valence-electron chi connectivity index (χ1n) is 9.77. The molecule has 7 nitrogen and oxygen atoms in total. The second-order valence-electron chi connectivity index (χ2n) is 6.97. The van der Waals surface area contributed by atoms with Gasteiger partial charge < -0.3 is 19.9 Å². The minimum atomic E-state index is -0.357. The van der Waals surface area contributed by atoms with Crippen molar-refractivity contribution in [1.82, 2.24) is 14.8 Å². The third kappa shape index (κ3) is 5.45. The number of pyridine rings is 1. The van der Waals surface area contributed by atoms with Gasteiger partial charge in [0.25, 0.3) is 0 Å². The van der Waals surface area contributed by atoms with Gasteiger partial charge in [0.15, 0.2) is 0 Å². The molecule has 3 heterocycles. The molecule has 0 bridgehead atoms. The lowest BCUT2D eigenvalue weighted by atomic mass is 10.1. The van der Waals surface area contributed by atoms with Gasteiger partial charge in [0.1, 0.15) is 5.82 Å². The number of rotatable bonds is 5. The first-order valence-corrected chi connectivity index (χ1v) is 9.77. The molecule has 0 unspecified atom stereocenters. The van der Waals surface area contributed by atoms with Gasteiger partial charge in [-0.1, -0.05) is 0 Å². The van der Waals surface area contributed by atoms with Gasteiger partial charge in [-0.3, -0.25) is 0 Å². The summed E-state index contributed by atoms with van der Waals surface area (Å²) >= 11 is 0. The van der Waals surface area contributed by atoms with Crippen molar-refractivity contribution in [2.75, 3.05) is 38.1 Å². The zero-order chi connectivity index (χ0) is 19.1. The Hall–Kier alpha value is -2.57.